The van der Waals surface area contributed by atoms with Gasteiger partial charge in [0.2, 0.25) is 18.0 Å². The molecule has 3 atom stereocenters. The molecule has 1 saturated heterocycles. The zero-order valence-corrected chi connectivity index (χ0v) is 25.3. The van der Waals surface area contributed by atoms with Crippen molar-refractivity contribution < 1.29 is 90.5 Å². The summed E-state index contributed by atoms with van der Waals surface area (Å²) in [5.41, 5.74) is -1.53. The number of aromatic nitrogens is 1. The Morgan fingerprint density at radius 2 is 1.95 bits per heavy atom. The van der Waals surface area contributed by atoms with E-state index in [0.717, 1.165) is 6.07 Å². The van der Waals surface area contributed by atoms with E-state index < -0.39 is 74.7 Å². The van der Waals surface area contributed by atoms with Gasteiger partial charge in [-0.3, -0.25) is 18.9 Å². The maximum absolute atomic E-state index is 14.0. The van der Waals surface area contributed by atoms with Gasteiger partial charge >= 0.3 is 35.7 Å². The van der Waals surface area contributed by atoms with E-state index in [1.165, 1.54) is 21.7 Å². The van der Waals surface area contributed by atoms with E-state index in [2.05, 4.69) is 9.26 Å². The largest absolute Gasteiger partial charge is 1.00 e. The molecule has 2 aliphatic rings. The van der Waals surface area contributed by atoms with Crippen LogP contribution >= 0.6 is 7.82 Å². The van der Waals surface area contributed by atoms with E-state index >= 15 is 0 Å². The van der Waals surface area contributed by atoms with Crippen LogP contribution in [0.2, 0.25) is 0 Å². The summed E-state index contributed by atoms with van der Waals surface area (Å²) in [5, 5.41) is 0. The van der Waals surface area contributed by atoms with Crippen molar-refractivity contribution in [2.75, 3.05) is 26.6 Å². The molecule has 1 fully saturated rings. The van der Waals surface area contributed by atoms with Crippen molar-refractivity contribution in [2.24, 2.45) is 0 Å². The van der Waals surface area contributed by atoms with Crippen molar-refractivity contribution in [2.45, 2.75) is 38.6 Å². The number of Topliss-reactive ketones (excluding diaryl/α,β-unsaturated/α-hetero) is 1. The van der Waals surface area contributed by atoms with E-state index in [1.807, 2.05) is 0 Å². The van der Waals surface area contributed by atoms with Crippen LogP contribution in [0.15, 0.2) is 29.2 Å². The molecule has 4 rings (SSSR count). The van der Waals surface area contributed by atoms with Crippen LogP contribution in [0.1, 0.15) is 39.8 Å². The summed E-state index contributed by atoms with van der Waals surface area (Å²) in [5.74, 6) is -3.57. The van der Waals surface area contributed by atoms with Crippen molar-refractivity contribution >= 4 is 25.7 Å². The normalized spacial score (nSPS) is 18.8. The number of halogens is 2. The molecule has 1 amide bonds. The number of nitrogens with zero attached hydrogens (tertiary/aromatic N) is 2. The molecule has 1 unspecified atom stereocenters. The second kappa shape index (κ2) is 14.2. The number of rotatable bonds is 11. The number of amides is 1. The number of benzene rings is 1. The Bertz CT molecular complexity index is 1470. The Kier molecular flexibility index (Phi) is 11.4. The molecule has 14 nitrogen and oxygen atoms in total. The van der Waals surface area contributed by atoms with Gasteiger partial charge in [0.05, 0.1) is 31.4 Å². The second-order valence-corrected chi connectivity index (χ2v) is 10.2. The molecule has 2 aliphatic heterocycles. The van der Waals surface area contributed by atoms with Crippen LogP contribution in [0.4, 0.5) is 13.6 Å². The quantitative estimate of drug-likeness (QED) is 0.0734. The van der Waals surface area contributed by atoms with Crippen molar-refractivity contribution in [1.29, 1.82) is 0 Å². The van der Waals surface area contributed by atoms with E-state index in [0.29, 0.717) is 6.07 Å². The molecule has 1 aromatic heterocycles. The Balaban J connectivity index is 0.00000484. The number of hydrogen-bond acceptors (Lipinski definition) is 11. The Labute approximate surface area is 259 Å². The number of aryl methyl sites for hydroxylation is 1. The number of phosphoric acid groups is 1. The average molecular weight is 624 g/mol. The molecule has 0 radical (unpaired) electrons. The van der Waals surface area contributed by atoms with Crippen LogP contribution in [0.3, 0.4) is 0 Å². The predicted octanol–water partition coefficient (Wildman–Crippen LogP) is -1.89. The third kappa shape index (κ3) is 8.02. The first-order valence-corrected chi connectivity index (χ1v) is 13.6. The van der Waals surface area contributed by atoms with Gasteiger partial charge in [0, 0.05) is 18.7 Å². The van der Waals surface area contributed by atoms with Crippen molar-refractivity contribution in [1.82, 2.24) is 9.47 Å². The zero-order chi connectivity index (χ0) is 29.9. The summed E-state index contributed by atoms with van der Waals surface area (Å²) in [6, 6.07) is 2.57. The van der Waals surface area contributed by atoms with Crippen LogP contribution in [-0.2, 0) is 36.3 Å². The third-order valence-electron chi connectivity index (χ3n) is 6.22. The van der Waals surface area contributed by atoms with Gasteiger partial charge in [-0.15, -0.1) is 0 Å². The summed E-state index contributed by atoms with van der Waals surface area (Å²) in [4.78, 5) is 71.9. The number of carbonyl (C=O) groups is 3. The predicted molar refractivity (Wildman–Crippen MR) is 129 cm³/mol. The van der Waals surface area contributed by atoms with Gasteiger partial charge < -0.3 is 42.7 Å². The maximum Gasteiger partial charge on any atom is 1.00 e. The molecule has 42 heavy (non-hydrogen) atoms. The fourth-order valence-corrected chi connectivity index (χ4v) is 4.66. The van der Waals surface area contributed by atoms with Gasteiger partial charge in [-0.2, -0.15) is 0 Å². The van der Waals surface area contributed by atoms with Crippen LogP contribution in [-0.4, -0.2) is 71.1 Å². The molecule has 222 valence electrons. The van der Waals surface area contributed by atoms with Gasteiger partial charge in [0.25, 0.3) is 13.7 Å². The summed E-state index contributed by atoms with van der Waals surface area (Å²) >= 11 is 0. The summed E-state index contributed by atoms with van der Waals surface area (Å²) in [7, 11) is -5.01. The molecule has 0 saturated carbocycles. The number of pyridine rings is 1. The number of ether oxygens (including phenoxy) is 4. The SMILES string of the molecule is C[C@H]1CO[C@@H]2Cn3cc(C(=O)CCc4ccc(F)cc4F)c(=O)c(OCOC(=O)OCCOP(=O)([O-])O)c3C(=O)N12.[Na+]. The molecular formula is C24H24F2N2NaO12P. The molecule has 18 heteroatoms. The van der Waals surface area contributed by atoms with Crippen molar-refractivity contribution in [3.05, 3.63) is 63.1 Å². The number of carbonyl (C=O) groups excluding carboxylic acids is 3. The molecule has 0 bridgehead atoms. The first-order valence-electron chi connectivity index (χ1n) is 12.1. The van der Waals surface area contributed by atoms with Crippen LogP contribution in [0.25, 0.3) is 0 Å². The van der Waals surface area contributed by atoms with E-state index in [1.54, 1.807) is 6.92 Å². The first-order chi connectivity index (χ1) is 19.4. The van der Waals surface area contributed by atoms with Crippen LogP contribution < -0.4 is 44.6 Å². The minimum absolute atomic E-state index is 0. The standard InChI is InChI=1S/C24H25F2N2O12P.Na/c1-13-11-37-19-10-27-9-16(18(29)5-3-14-2-4-15(25)8-17(14)26)21(30)22(20(27)23(31)28(13)19)38-12-39-24(32)36-6-7-40-41(33,34)35;/h2,4,8-9,13,19H,3,5-7,10-12H2,1H3,(H2,33,34,35);/q;+1/p-1/t13-,19+;/m0./s1. The van der Waals surface area contributed by atoms with Gasteiger partial charge in [-0.25, -0.2) is 13.6 Å². The molecule has 2 aromatic rings. The minimum Gasteiger partial charge on any atom is -0.756 e. The summed E-state index contributed by atoms with van der Waals surface area (Å²) < 4.78 is 63.3. The van der Waals surface area contributed by atoms with Gasteiger partial charge in [-0.1, -0.05) is 6.07 Å². The molecule has 0 spiro atoms. The Morgan fingerprint density at radius 1 is 1.21 bits per heavy atom. The van der Waals surface area contributed by atoms with E-state index in [-0.39, 0.29) is 78.4 Å². The Hall–Kier alpha value is -2.69. The molecule has 0 aliphatic carbocycles. The monoisotopic (exact) mass is 624 g/mol. The van der Waals surface area contributed by atoms with Crippen molar-refractivity contribution in [3.8, 4) is 5.75 Å². The maximum atomic E-state index is 14.0. The zero-order valence-electron chi connectivity index (χ0n) is 22.4. The van der Waals surface area contributed by atoms with Crippen LogP contribution in [0, 0.1) is 11.6 Å². The number of fused-ring (bicyclic) bond motifs is 2. The Morgan fingerprint density at radius 3 is 2.64 bits per heavy atom. The number of ketones is 1. The topological polar surface area (TPSA) is 183 Å². The molecule has 1 N–H and O–H groups in total. The summed E-state index contributed by atoms with van der Waals surface area (Å²) in [6.07, 6.45) is -1.32. The van der Waals surface area contributed by atoms with E-state index in [4.69, 9.17) is 19.1 Å². The summed E-state index contributed by atoms with van der Waals surface area (Å²) in [6.45, 7) is -0.231. The van der Waals surface area contributed by atoms with Gasteiger partial charge in [0.1, 0.15) is 18.2 Å². The first kappa shape index (κ1) is 33.8. The average Bonchev–Trinajstić information content (AvgIpc) is 3.27. The number of hydrogen-bond donors (Lipinski definition) is 1. The second-order valence-electron chi connectivity index (χ2n) is 9.02. The number of phosphoric ester groups is 1. The fraction of sp³-hybridized carbons (Fsp3) is 0.417. The molecule has 3 heterocycles. The van der Waals surface area contributed by atoms with E-state index in [9.17, 15) is 37.4 Å². The van der Waals surface area contributed by atoms with Crippen molar-refractivity contribution in [3.63, 3.8) is 0 Å². The molecule has 1 aromatic carbocycles. The van der Waals surface area contributed by atoms with Crippen LogP contribution in [0.5, 0.6) is 5.75 Å². The smallest absolute Gasteiger partial charge is 0.756 e. The molecular weight excluding hydrogens is 600 g/mol. The minimum atomic E-state index is -5.01. The fourth-order valence-electron chi connectivity index (χ4n) is 4.36. The third-order valence-corrected chi connectivity index (χ3v) is 6.73. The van der Waals surface area contributed by atoms with Gasteiger partial charge in [0.15, 0.2) is 17.7 Å². The van der Waals surface area contributed by atoms with Gasteiger partial charge in [-0.05, 0) is 25.0 Å².